The van der Waals surface area contributed by atoms with Gasteiger partial charge in [0.25, 0.3) is 0 Å². The summed E-state index contributed by atoms with van der Waals surface area (Å²) in [5.41, 5.74) is -0.756. The highest BCUT2D eigenvalue weighted by Crippen LogP contribution is 2.27. The number of nitrogens with zero attached hydrogens (tertiary/aromatic N) is 2. The van der Waals surface area contributed by atoms with Gasteiger partial charge in [0.1, 0.15) is 0 Å². The largest absolute Gasteiger partial charge is 0.389 e. The van der Waals surface area contributed by atoms with Crippen LogP contribution in [0.25, 0.3) is 0 Å². The van der Waals surface area contributed by atoms with Gasteiger partial charge in [0.05, 0.1) is 18.1 Å². The first-order valence-corrected chi connectivity index (χ1v) is 6.27. The van der Waals surface area contributed by atoms with Crippen LogP contribution in [0.2, 0.25) is 0 Å². The van der Waals surface area contributed by atoms with Crippen LogP contribution in [0.1, 0.15) is 44.8 Å². The van der Waals surface area contributed by atoms with Crippen molar-refractivity contribution in [2.24, 2.45) is 0 Å². The summed E-state index contributed by atoms with van der Waals surface area (Å²) in [6.07, 6.45) is 3.58. The Labute approximate surface area is 101 Å². The maximum Gasteiger partial charge on any atom is 0.229 e. The van der Waals surface area contributed by atoms with Gasteiger partial charge >= 0.3 is 0 Å². The molecule has 1 N–H and O–H groups in total. The molecule has 1 fully saturated rings. The molecule has 1 aliphatic heterocycles. The molecule has 2 heterocycles. The second-order valence-corrected chi connectivity index (χ2v) is 4.89. The van der Waals surface area contributed by atoms with Gasteiger partial charge in [-0.25, -0.2) is 0 Å². The average molecular weight is 240 g/mol. The van der Waals surface area contributed by atoms with Crippen LogP contribution in [0.4, 0.5) is 0 Å². The van der Waals surface area contributed by atoms with Gasteiger partial charge in [-0.3, -0.25) is 0 Å². The predicted molar refractivity (Wildman–Crippen MR) is 61.6 cm³/mol. The van der Waals surface area contributed by atoms with Crippen LogP contribution >= 0.6 is 0 Å². The van der Waals surface area contributed by atoms with Crippen molar-refractivity contribution in [3.8, 4) is 0 Å². The van der Waals surface area contributed by atoms with E-state index in [0.29, 0.717) is 31.8 Å². The van der Waals surface area contributed by atoms with Gasteiger partial charge in [-0.15, -0.1) is 0 Å². The molecule has 0 amide bonds. The van der Waals surface area contributed by atoms with Gasteiger partial charge in [0, 0.05) is 25.9 Å². The molecular formula is C12H20N2O3. The number of aromatic nitrogens is 2. The summed E-state index contributed by atoms with van der Waals surface area (Å²) in [6.45, 7) is 4.64. The second-order valence-electron chi connectivity index (χ2n) is 4.89. The molecule has 2 unspecified atom stereocenters. The lowest BCUT2D eigenvalue weighted by Crippen LogP contribution is -2.41. The number of hydrogen-bond donors (Lipinski definition) is 1. The minimum atomic E-state index is -0.756. The summed E-state index contributed by atoms with van der Waals surface area (Å²) in [5.74, 6) is 1.26. The monoisotopic (exact) mass is 240 g/mol. The van der Waals surface area contributed by atoms with Crippen LogP contribution in [0, 0.1) is 0 Å². The first-order valence-electron chi connectivity index (χ1n) is 6.27. The zero-order valence-electron chi connectivity index (χ0n) is 10.5. The number of ether oxygens (including phenoxy) is 1. The third-order valence-corrected chi connectivity index (χ3v) is 3.10. The van der Waals surface area contributed by atoms with Gasteiger partial charge < -0.3 is 14.4 Å². The first kappa shape index (κ1) is 12.5. The Balaban J connectivity index is 1.98. The van der Waals surface area contributed by atoms with Crippen molar-refractivity contribution in [2.45, 2.75) is 57.7 Å². The lowest BCUT2D eigenvalue weighted by molar-refractivity contribution is -0.0987. The lowest BCUT2D eigenvalue weighted by atomic mass is 9.88. The van der Waals surface area contributed by atoms with Gasteiger partial charge in [0.2, 0.25) is 5.89 Å². The zero-order valence-corrected chi connectivity index (χ0v) is 10.5. The topological polar surface area (TPSA) is 68.4 Å². The van der Waals surface area contributed by atoms with Crippen LogP contribution in [-0.4, -0.2) is 33.6 Å². The first-order chi connectivity index (χ1) is 8.11. The normalized spacial score (nSPS) is 29.5. The molecule has 1 aromatic heterocycles. The van der Waals surface area contributed by atoms with E-state index in [4.69, 9.17) is 9.26 Å². The Morgan fingerprint density at radius 1 is 1.53 bits per heavy atom. The van der Waals surface area contributed by atoms with E-state index in [2.05, 4.69) is 17.1 Å². The number of hydrogen-bond acceptors (Lipinski definition) is 5. The molecule has 2 rings (SSSR count). The van der Waals surface area contributed by atoms with Crippen molar-refractivity contribution in [1.29, 1.82) is 0 Å². The van der Waals surface area contributed by atoms with E-state index in [1.165, 1.54) is 0 Å². The molecule has 96 valence electrons. The van der Waals surface area contributed by atoms with E-state index in [1.54, 1.807) is 0 Å². The molecule has 1 aliphatic rings. The van der Waals surface area contributed by atoms with Crippen LogP contribution < -0.4 is 0 Å². The highest BCUT2D eigenvalue weighted by atomic mass is 16.5. The molecule has 17 heavy (non-hydrogen) atoms. The smallest absolute Gasteiger partial charge is 0.229 e. The minimum absolute atomic E-state index is 0.0896. The fourth-order valence-electron chi connectivity index (χ4n) is 2.28. The van der Waals surface area contributed by atoms with Crippen LogP contribution in [0.3, 0.4) is 0 Å². The van der Waals surface area contributed by atoms with Gasteiger partial charge in [-0.2, -0.15) is 4.98 Å². The van der Waals surface area contributed by atoms with Crippen LogP contribution in [0.5, 0.6) is 0 Å². The molecule has 0 aromatic carbocycles. The predicted octanol–water partition coefficient (Wildman–Crippen LogP) is 1.49. The van der Waals surface area contributed by atoms with Gasteiger partial charge in [-0.1, -0.05) is 12.1 Å². The molecule has 0 saturated carbocycles. The van der Waals surface area contributed by atoms with E-state index < -0.39 is 5.60 Å². The van der Waals surface area contributed by atoms with Crippen molar-refractivity contribution >= 4 is 0 Å². The molecule has 1 saturated heterocycles. The van der Waals surface area contributed by atoms with E-state index >= 15 is 0 Å². The van der Waals surface area contributed by atoms with Crippen LogP contribution in [0.15, 0.2) is 4.52 Å². The Morgan fingerprint density at radius 3 is 3.06 bits per heavy atom. The van der Waals surface area contributed by atoms with Crippen molar-refractivity contribution in [2.75, 3.05) is 6.61 Å². The number of rotatable bonds is 4. The summed E-state index contributed by atoms with van der Waals surface area (Å²) in [4.78, 5) is 4.29. The third kappa shape index (κ3) is 3.26. The molecule has 0 bridgehead atoms. The standard InChI is InChI=1S/C12H20N2O3/c1-3-4-10-13-11(17-14-10)8-12(15)5-6-16-9(2)7-12/h9,15H,3-8H2,1-2H3. The lowest BCUT2D eigenvalue weighted by Gasteiger charge is -2.34. The molecular weight excluding hydrogens is 220 g/mol. The maximum atomic E-state index is 10.4. The maximum absolute atomic E-state index is 10.4. The fourth-order valence-corrected chi connectivity index (χ4v) is 2.28. The molecule has 2 atom stereocenters. The van der Waals surface area contributed by atoms with Crippen molar-refractivity contribution < 1.29 is 14.4 Å². The van der Waals surface area contributed by atoms with Gasteiger partial charge in [-0.05, 0) is 13.3 Å². The number of aryl methyl sites for hydroxylation is 1. The summed E-state index contributed by atoms with van der Waals surface area (Å²) >= 11 is 0. The zero-order chi connectivity index (χ0) is 12.3. The van der Waals surface area contributed by atoms with Crippen molar-refractivity contribution in [3.05, 3.63) is 11.7 Å². The third-order valence-electron chi connectivity index (χ3n) is 3.10. The second kappa shape index (κ2) is 5.14. The Morgan fingerprint density at radius 2 is 2.35 bits per heavy atom. The highest BCUT2D eigenvalue weighted by molar-refractivity contribution is 4.95. The Hall–Kier alpha value is -0.940. The van der Waals surface area contributed by atoms with E-state index in [1.807, 2.05) is 6.92 Å². The fraction of sp³-hybridized carbons (Fsp3) is 0.833. The summed E-state index contributed by atoms with van der Waals surface area (Å²) in [5, 5.41) is 14.3. The Bertz CT molecular complexity index is 366. The van der Waals surface area contributed by atoms with E-state index in [9.17, 15) is 5.11 Å². The molecule has 5 nitrogen and oxygen atoms in total. The molecule has 0 radical (unpaired) electrons. The summed E-state index contributed by atoms with van der Waals surface area (Å²) in [6, 6.07) is 0. The minimum Gasteiger partial charge on any atom is -0.389 e. The summed E-state index contributed by atoms with van der Waals surface area (Å²) in [7, 11) is 0. The molecule has 0 aliphatic carbocycles. The SMILES string of the molecule is CCCc1noc(CC2(O)CCOC(C)C2)n1. The van der Waals surface area contributed by atoms with E-state index in [0.717, 1.165) is 18.7 Å². The number of aliphatic hydroxyl groups is 1. The summed E-state index contributed by atoms with van der Waals surface area (Å²) < 4.78 is 10.6. The van der Waals surface area contributed by atoms with Crippen LogP contribution in [-0.2, 0) is 17.6 Å². The van der Waals surface area contributed by atoms with Gasteiger partial charge in [0.15, 0.2) is 5.82 Å². The quantitative estimate of drug-likeness (QED) is 0.863. The van der Waals surface area contributed by atoms with Crippen molar-refractivity contribution in [3.63, 3.8) is 0 Å². The average Bonchev–Trinajstić information content (AvgIpc) is 2.64. The molecule has 1 aromatic rings. The van der Waals surface area contributed by atoms with E-state index in [-0.39, 0.29) is 6.10 Å². The molecule has 0 spiro atoms. The Kier molecular flexibility index (Phi) is 3.79. The van der Waals surface area contributed by atoms with Crippen molar-refractivity contribution in [1.82, 2.24) is 10.1 Å². The molecule has 5 heteroatoms. The highest BCUT2D eigenvalue weighted by Gasteiger charge is 2.35.